The molecule has 0 amide bonds. The number of carbonyl (C=O) groups excluding carboxylic acids is 1. The summed E-state index contributed by atoms with van der Waals surface area (Å²) >= 11 is 6.09. The lowest BCUT2D eigenvalue weighted by molar-refractivity contribution is -0.128. The van der Waals surface area contributed by atoms with Crippen LogP contribution in [-0.4, -0.2) is 25.6 Å². The number of methoxy groups -OCH3 is 1. The molecule has 19 heavy (non-hydrogen) atoms. The van der Waals surface area contributed by atoms with Crippen molar-refractivity contribution in [3.63, 3.8) is 0 Å². The van der Waals surface area contributed by atoms with E-state index in [-0.39, 0.29) is 11.9 Å². The Morgan fingerprint density at radius 2 is 2.32 bits per heavy atom. The summed E-state index contributed by atoms with van der Waals surface area (Å²) in [6.07, 6.45) is 2.52. The van der Waals surface area contributed by atoms with Gasteiger partial charge in [-0.05, 0) is 24.1 Å². The van der Waals surface area contributed by atoms with Gasteiger partial charge in [0, 0.05) is 30.5 Å². The third-order valence-electron chi connectivity index (χ3n) is 3.38. The summed E-state index contributed by atoms with van der Waals surface area (Å²) < 4.78 is 10.9. The van der Waals surface area contributed by atoms with Crippen LogP contribution in [-0.2, 0) is 22.4 Å². The highest BCUT2D eigenvalue weighted by molar-refractivity contribution is 6.30. The van der Waals surface area contributed by atoms with Crippen molar-refractivity contribution >= 4 is 17.4 Å². The largest absolute Gasteiger partial charge is 0.493 e. The van der Waals surface area contributed by atoms with Crippen LogP contribution < -0.4 is 4.74 Å². The number of ketones is 1. The molecule has 0 saturated heterocycles. The second-order valence-corrected chi connectivity index (χ2v) is 5.24. The summed E-state index contributed by atoms with van der Waals surface area (Å²) in [5, 5.41) is 0.663. The van der Waals surface area contributed by atoms with Crippen molar-refractivity contribution in [2.75, 3.05) is 13.7 Å². The minimum absolute atomic E-state index is 0.0873. The number of rotatable bonds is 6. The van der Waals surface area contributed by atoms with Crippen LogP contribution in [0.1, 0.15) is 30.9 Å². The zero-order chi connectivity index (χ0) is 13.8. The van der Waals surface area contributed by atoms with E-state index in [4.69, 9.17) is 21.1 Å². The molecule has 2 rings (SSSR count). The maximum absolute atomic E-state index is 12.2. The summed E-state index contributed by atoms with van der Waals surface area (Å²) in [6, 6.07) is 3.74. The molecule has 0 saturated carbocycles. The molecule has 0 fully saturated rings. The molecule has 1 aliphatic rings. The zero-order valence-electron chi connectivity index (χ0n) is 11.4. The molecule has 1 aliphatic heterocycles. The summed E-state index contributed by atoms with van der Waals surface area (Å²) in [4.78, 5) is 12.2. The summed E-state index contributed by atoms with van der Waals surface area (Å²) in [5.74, 6) is 0.924. The molecule has 1 atom stereocenters. The highest BCUT2D eigenvalue weighted by Crippen LogP contribution is 2.33. The maximum Gasteiger partial charge on any atom is 0.166 e. The fraction of sp³-hybridized carbons (Fsp3) is 0.533. The summed E-state index contributed by atoms with van der Waals surface area (Å²) in [5.41, 5.74) is 1.97. The van der Waals surface area contributed by atoms with Gasteiger partial charge in [-0.1, -0.05) is 24.9 Å². The van der Waals surface area contributed by atoms with Gasteiger partial charge in [-0.25, -0.2) is 0 Å². The highest BCUT2D eigenvalue weighted by Gasteiger charge is 2.22. The van der Waals surface area contributed by atoms with Crippen molar-refractivity contribution in [3.8, 4) is 5.75 Å². The molecule has 1 aromatic rings. The molecule has 4 heteroatoms. The number of halogens is 1. The first-order valence-electron chi connectivity index (χ1n) is 6.65. The van der Waals surface area contributed by atoms with Gasteiger partial charge in [-0.3, -0.25) is 4.79 Å². The Hall–Kier alpha value is -1.06. The SMILES string of the molecule is CCCC(OC)C(=O)Cc1cc(Cl)cc2c1OCC2. The van der Waals surface area contributed by atoms with E-state index in [1.807, 2.05) is 19.1 Å². The van der Waals surface area contributed by atoms with Crippen molar-refractivity contribution in [1.29, 1.82) is 0 Å². The topological polar surface area (TPSA) is 35.5 Å². The molecule has 0 spiro atoms. The lowest BCUT2D eigenvalue weighted by Gasteiger charge is -2.14. The van der Waals surface area contributed by atoms with E-state index in [1.54, 1.807) is 7.11 Å². The minimum Gasteiger partial charge on any atom is -0.493 e. The van der Waals surface area contributed by atoms with Gasteiger partial charge in [0.25, 0.3) is 0 Å². The van der Waals surface area contributed by atoms with Gasteiger partial charge in [0.2, 0.25) is 0 Å². The fourth-order valence-corrected chi connectivity index (χ4v) is 2.71. The van der Waals surface area contributed by atoms with Crippen LogP contribution in [0.15, 0.2) is 12.1 Å². The van der Waals surface area contributed by atoms with Gasteiger partial charge in [0.1, 0.15) is 11.9 Å². The Labute approximate surface area is 118 Å². The Kier molecular flexibility index (Phi) is 4.83. The first kappa shape index (κ1) is 14.4. The van der Waals surface area contributed by atoms with Crippen LogP contribution in [0.4, 0.5) is 0 Å². The Bertz CT molecular complexity index is 471. The van der Waals surface area contributed by atoms with Crippen LogP contribution in [0, 0.1) is 0 Å². The number of hydrogen-bond donors (Lipinski definition) is 0. The molecule has 0 bridgehead atoms. The number of fused-ring (bicyclic) bond motifs is 1. The van der Waals surface area contributed by atoms with Gasteiger partial charge < -0.3 is 9.47 Å². The standard InChI is InChI=1S/C15H19ClO3/c1-3-4-14(18-2)13(17)9-11-8-12(16)7-10-5-6-19-15(10)11/h7-8,14H,3-6,9H2,1-2H3. The molecule has 1 unspecified atom stereocenters. The summed E-state index contributed by atoms with van der Waals surface area (Å²) in [6.45, 7) is 2.71. The Morgan fingerprint density at radius 3 is 3.00 bits per heavy atom. The highest BCUT2D eigenvalue weighted by atomic mass is 35.5. The number of hydrogen-bond acceptors (Lipinski definition) is 3. The number of Topliss-reactive ketones (excluding diaryl/α,β-unsaturated/α-hetero) is 1. The molecule has 104 valence electrons. The molecule has 1 aromatic carbocycles. The van der Waals surface area contributed by atoms with Gasteiger partial charge in [-0.15, -0.1) is 0 Å². The minimum atomic E-state index is -0.332. The molecule has 3 nitrogen and oxygen atoms in total. The van der Waals surface area contributed by atoms with Crippen LogP contribution in [0.5, 0.6) is 5.75 Å². The second kappa shape index (κ2) is 6.40. The molecule has 0 aliphatic carbocycles. The third-order valence-corrected chi connectivity index (χ3v) is 3.60. The lowest BCUT2D eigenvalue weighted by atomic mass is 9.99. The normalized spacial score (nSPS) is 14.9. The van der Waals surface area contributed by atoms with Crippen LogP contribution in [0.25, 0.3) is 0 Å². The molecule has 0 radical (unpaired) electrons. The van der Waals surface area contributed by atoms with E-state index in [1.165, 1.54) is 0 Å². The van der Waals surface area contributed by atoms with Crippen molar-refractivity contribution in [2.45, 2.75) is 38.7 Å². The van der Waals surface area contributed by atoms with Gasteiger partial charge >= 0.3 is 0 Å². The lowest BCUT2D eigenvalue weighted by Crippen LogP contribution is -2.24. The zero-order valence-corrected chi connectivity index (χ0v) is 12.1. The predicted octanol–water partition coefficient (Wildman–Crippen LogP) is 3.20. The monoisotopic (exact) mass is 282 g/mol. The van der Waals surface area contributed by atoms with Gasteiger partial charge in [0.05, 0.1) is 6.61 Å². The average Bonchev–Trinajstić information content (AvgIpc) is 2.83. The summed E-state index contributed by atoms with van der Waals surface area (Å²) in [7, 11) is 1.58. The first-order valence-corrected chi connectivity index (χ1v) is 7.03. The van der Waals surface area contributed by atoms with E-state index in [2.05, 4.69) is 0 Å². The van der Waals surface area contributed by atoms with E-state index >= 15 is 0 Å². The third kappa shape index (κ3) is 3.28. The van der Waals surface area contributed by atoms with Crippen LogP contribution in [0.2, 0.25) is 5.02 Å². The van der Waals surface area contributed by atoms with Crippen molar-refractivity contribution < 1.29 is 14.3 Å². The van der Waals surface area contributed by atoms with Crippen molar-refractivity contribution in [1.82, 2.24) is 0 Å². The van der Waals surface area contributed by atoms with Gasteiger partial charge in [0.15, 0.2) is 5.78 Å². The average molecular weight is 283 g/mol. The number of carbonyl (C=O) groups is 1. The van der Waals surface area contributed by atoms with Gasteiger partial charge in [-0.2, -0.15) is 0 Å². The van der Waals surface area contributed by atoms with E-state index < -0.39 is 0 Å². The quantitative estimate of drug-likeness (QED) is 0.804. The smallest absolute Gasteiger partial charge is 0.166 e. The van der Waals surface area contributed by atoms with Crippen LogP contribution >= 0.6 is 11.6 Å². The maximum atomic E-state index is 12.2. The first-order chi connectivity index (χ1) is 9.15. The molecule has 1 heterocycles. The molecule has 0 aromatic heterocycles. The van der Waals surface area contributed by atoms with Crippen molar-refractivity contribution in [2.24, 2.45) is 0 Å². The Morgan fingerprint density at radius 1 is 1.53 bits per heavy atom. The number of benzene rings is 1. The van der Waals surface area contributed by atoms with E-state index in [0.717, 1.165) is 36.1 Å². The molecule has 0 N–H and O–H groups in total. The molecular formula is C15H19ClO3. The van der Waals surface area contributed by atoms with Crippen molar-refractivity contribution in [3.05, 3.63) is 28.3 Å². The van der Waals surface area contributed by atoms with Crippen LogP contribution in [0.3, 0.4) is 0 Å². The fourth-order valence-electron chi connectivity index (χ4n) is 2.45. The second-order valence-electron chi connectivity index (χ2n) is 4.81. The Balaban J connectivity index is 2.17. The predicted molar refractivity (Wildman–Crippen MR) is 75.1 cm³/mol. The molecular weight excluding hydrogens is 264 g/mol. The van der Waals surface area contributed by atoms with E-state index in [9.17, 15) is 4.79 Å². The van der Waals surface area contributed by atoms with E-state index in [0.29, 0.717) is 18.1 Å². The number of ether oxygens (including phenoxy) is 2.